The highest BCUT2D eigenvalue weighted by Gasteiger charge is 2.09. The molecule has 96 valence electrons. The van der Waals surface area contributed by atoms with Crippen LogP contribution in [-0.2, 0) is 6.61 Å². The summed E-state index contributed by atoms with van der Waals surface area (Å²) in [4.78, 5) is 4.16. The summed E-state index contributed by atoms with van der Waals surface area (Å²) in [6.45, 7) is 4.40. The molecule has 0 aliphatic rings. The third-order valence-electron chi connectivity index (χ3n) is 2.46. The van der Waals surface area contributed by atoms with Gasteiger partial charge in [0.1, 0.15) is 18.7 Å². The number of rotatable bonds is 4. The first kappa shape index (κ1) is 12.7. The van der Waals surface area contributed by atoms with Gasteiger partial charge in [0.25, 0.3) is 0 Å². The molecule has 0 amide bonds. The van der Waals surface area contributed by atoms with Gasteiger partial charge in [-0.05, 0) is 32.0 Å². The molecule has 0 aliphatic heterocycles. The zero-order valence-corrected chi connectivity index (χ0v) is 11.1. The Morgan fingerprint density at radius 1 is 1.44 bits per heavy atom. The van der Waals surface area contributed by atoms with Crippen molar-refractivity contribution in [1.29, 1.82) is 0 Å². The van der Waals surface area contributed by atoms with Gasteiger partial charge in [-0.25, -0.2) is 9.67 Å². The van der Waals surface area contributed by atoms with Crippen molar-refractivity contribution < 1.29 is 4.74 Å². The molecule has 0 radical (unpaired) electrons. The Labute approximate surface area is 111 Å². The summed E-state index contributed by atoms with van der Waals surface area (Å²) in [5.41, 5.74) is 6.32. The second-order valence-corrected chi connectivity index (χ2v) is 4.62. The molecule has 1 aromatic carbocycles. The molecular formula is C12H15ClN4O. The van der Waals surface area contributed by atoms with Crippen molar-refractivity contribution in [3.63, 3.8) is 0 Å². The van der Waals surface area contributed by atoms with Crippen molar-refractivity contribution in [2.24, 2.45) is 0 Å². The maximum absolute atomic E-state index is 5.82. The number of hydrogen-bond acceptors (Lipinski definition) is 4. The minimum absolute atomic E-state index is 0.244. The van der Waals surface area contributed by atoms with Crippen molar-refractivity contribution in [1.82, 2.24) is 14.8 Å². The van der Waals surface area contributed by atoms with Gasteiger partial charge in [0.2, 0.25) is 0 Å². The molecule has 1 heterocycles. The molecule has 0 atom stereocenters. The van der Waals surface area contributed by atoms with Crippen molar-refractivity contribution >= 4 is 17.3 Å². The van der Waals surface area contributed by atoms with Crippen LogP contribution in [0.3, 0.4) is 0 Å². The third-order valence-corrected chi connectivity index (χ3v) is 2.70. The molecule has 18 heavy (non-hydrogen) atoms. The molecule has 0 bridgehead atoms. The molecule has 0 fully saturated rings. The summed E-state index contributed by atoms with van der Waals surface area (Å²) in [7, 11) is 0. The van der Waals surface area contributed by atoms with E-state index in [2.05, 4.69) is 10.1 Å². The van der Waals surface area contributed by atoms with E-state index in [0.29, 0.717) is 23.1 Å². The highest BCUT2D eigenvalue weighted by Crippen LogP contribution is 2.25. The maximum Gasteiger partial charge on any atom is 0.165 e. The average Bonchev–Trinajstić information content (AvgIpc) is 2.76. The molecule has 2 rings (SSSR count). The van der Waals surface area contributed by atoms with E-state index in [1.807, 2.05) is 18.5 Å². The molecule has 6 heteroatoms. The Balaban J connectivity index is 2.09. The summed E-state index contributed by atoms with van der Waals surface area (Å²) in [5.74, 6) is 1.36. The summed E-state index contributed by atoms with van der Waals surface area (Å²) in [6, 6.07) is 5.38. The zero-order chi connectivity index (χ0) is 13.1. The van der Waals surface area contributed by atoms with Crippen LogP contribution in [-0.4, -0.2) is 14.8 Å². The predicted octanol–water partition coefficient (Wildman–Crippen LogP) is 2.67. The second kappa shape index (κ2) is 5.27. The first-order chi connectivity index (χ1) is 8.58. The number of ether oxygens (including phenoxy) is 1. The van der Waals surface area contributed by atoms with Crippen LogP contribution in [0.5, 0.6) is 5.75 Å². The Morgan fingerprint density at radius 3 is 2.89 bits per heavy atom. The van der Waals surface area contributed by atoms with Gasteiger partial charge in [-0.3, -0.25) is 0 Å². The summed E-state index contributed by atoms with van der Waals surface area (Å²) < 4.78 is 7.43. The van der Waals surface area contributed by atoms with Crippen LogP contribution in [0, 0.1) is 0 Å². The van der Waals surface area contributed by atoms with Gasteiger partial charge in [0, 0.05) is 11.1 Å². The van der Waals surface area contributed by atoms with Crippen molar-refractivity contribution in [2.45, 2.75) is 26.5 Å². The van der Waals surface area contributed by atoms with Crippen LogP contribution in [0.25, 0.3) is 0 Å². The van der Waals surface area contributed by atoms with Gasteiger partial charge in [0.05, 0.1) is 5.69 Å². The average molecular weight is 267 g/mol. The van der Waals surface area contributed by atoms with Crippen molar-refractivity contribution in [3.05, 3.63) is 35.4 Å². The predicted molar refractivity (Wildman–Crippen MR) is 70.6 cm³/mol. The van der Waals surface area contributed by atoms with E-state index < -0.39 is 0 Å². The largest absolute Gasteiger partial charge is 0.483 e. The Hall–Kier alpha value is -1.75. The third kappa shape index (κ3) is 2.73. The van der Waals surface area contributed by atoms with Crippen molar-refractivity contribution in [2.75, 3.05) is 5.73 Å². The normalized spacial score (nSPS) is 10.9. The van der Waals surface area contributed by atoms with Gasteiger partial charge >= 0.3 is 0 Å². The quantitative estimate of drug-likeness (QED) is 0.864. The van der Waals surface area contributed by atoms with Crippen LogP contribution < -0.4 is 10.5 Å². The Kier molecular flexibility index (Phi) is 3.72. The molecule has 0 aliphatic carbocycles. The van der Waals surface area contributed by atoms with Gasteiger partial charge in [0.15, 0.2) is 5.82 Å². The van der Waals surface area contributed by atoms with Crippen molar-refractivity contribution in [3.8, 4) is 5.75 Å². The van der Waals surface area contributed by atoms with E-state index in [0.717, 1.165) is 5.82 Å². The first-order valence-electron chi connectivity index (χ1n) is 5.64. The highest BCUT2D eigenvalue weighted by molar-refractivity contribution is 6.30. The highest BCUT2D eigenvalue weighted by atomic mass is 35.5. The van der Waals surface area contributed by atoms with E-state index in [1.54, 1.807) is 18.2 Å². The molecular weight excluding hydrogens is 252 g/mol. The lowest BCUT2D eigenvalue weighted by Gasteiger charge is -2.11. The minimum atomic E-state index is 0.244. The number of benzene rings is 1. The summed E-state index contributed by atoms with van der Waals surface area (Å²) in [5, 5.41) is 4.73. The van der Waals surface area contributed by atoms with Gasteiger partial charge in [-0.1, -0.05) is 11.6 Å². The number of aromatic nitrogens is 3. The van der Waals surface area contributed by atoms with E-state index in [-0.39, 0.29) is 6.04 Å². The number of hydrogen-bond donors (Lipinski definition) is 1. The molecule has 0 unspecified atom stereocenters. The molecule has 0 spiro atoms. The molecule has 2 N–H and O–H groups in total. The number of nitrogens with zero attached hydrogens (tertiary/aromatic N) is 3. The van der Waals surface area contributed by atoms with E-state index in [1.165, 1.54) is 6.33 Å². The SMILES string of the molecule is CC(C)n1ncnc1COc1ccc(Cl)cc1N. The molecule has 1 aromatic heterocycles. The Morgan fingerprint density at radius 2 is 2.22 bits per heavy atom. The summed E-state index contributed by atoms with van der Waals surface area (Å²) >= 11 is 5.82. The first-order valence-corrected chi connectivity index (χ1v) is 6.02. The maximum atomic E-state index is 5.82. The smallest absolute Gasteiger partial charge is 0.165 e. The van der Waals surface area contributed by atoms with Gasteiger partial charge < -0.3 is 10.5 Å². The number of nitrogens with two attached hydrogens (primary N) is 1. The molecule has 0 saturated heterocycles. The lowest BCUT2D eigenvalue weighted by atomic mass is 10.3. The van der Waals surface area contributed by atoms with Gasteiger partial charge in [-0.2, -0.15) is 5.10 Å². The fourth-order valence-corrected chi connectivity index (χ4v) is 1.78. The number of nitrogen functional groups attached to an aromatic ring is 1. The van der Waals surface area contributed by atoms with E-state index in [4.69, 9.17) is 22.1 Å². The monoisotopic (exact) mass is 266 g/mol. The minimum Gasteiger partial charge on any atom is -0.483 e. The number of anilines is 1. The Bertz CT molecular complexity index is 539. The number of halogens is 1. The van der Waals surface area contributed by atoms with Crippen LogP contribution in [0.1, 0.15) is 25.7 Å². The molecule has 5 nitrogen and oxygen atoms in total. The summed E-state index contributed by atoms with van der Waals surface area (Å²) in [6.07, 6.45) is 1.52. The molecule has 2 aromatic rings. The van der Waals surface area contributed by atoms with Crippen LogP contribution in [0.2, 0.25) is 5.02 Å². The van der Waals surface area contributed by atoms with Crippen LogP contribution >= 0.6 is 11.6 Å². The fraction of sp³-hybridized carbons (Fsp3) is 0.333. The van der Waals surface area contributed by atoms with Crippen LogP contribution in [0.4, 0.5) is 5.69 Å². The van der Waals surface area contributed by atoms with E-state index in [9.17, 15) is 0 Å². The zero-order valence-electron chi connectivity index (χ0n) is 10.3. The fourth-order valence-electron chi connectivity index (χ4n) is 1.60. The van der Waals surface area contributed by atoms with Crippen LogP contribution in [0.15, 0.2) is 24.5 Å². The topological polar surface area (TPSA) is 66.0 Å². The lowest BCUT2D eigenvalue weighted by molar-refractivity contribution is 0.284. The second-order valence-electron chi connectivity index (χ2n) is 4.19. The standard InChI is InChI=1S/C12H15ClN4O/c1-8(2)17-12(15-7-16-17)6-18-11-4-3-9(13)5-10(11)14/h3-5,7-8H,6,14H2,1-2H3. The van der Waals surface area contributed by atoms with E-state index >= 15 is 0 Å². The van der Waals surface area contributed by atoms with Gasteiger partial charge in [-0.15, -0.1) is 0 Å². The lowest BCUT2D eigenvalue weighted by Crippen LogP contribution is -2.11. The molecule has 0 saturated carbocycles.